The SMILES string of the molecule is Cc1ncc(-c2nc(Nc3ccc(CN4CCCC4)nc3)ncc2F)n1C1CCOCC1. The third kappa shape index (κ3) is 4.49. The molecule has 0 radical (unpaired) electrons. The van der Waals surface area contributed by atoms with Crippen LogP contribution in [-0.2, 0) is 11.3 Å². The van der Waals surface area contributed by atoms with Crippen molar-refractivity contribution in [2.24, 2.45) is 0 Å². The number of anilines is 2. The van der Waals surface area contributed by atoms with Gasteiger partial charge in [-0.3, -0.25) is 9.88 Å². The molecular weight excluding hydrogens is 409 g/mol. The smallest absolute Gasteiger partial charge is 0.228 e. The number of hydrogen-bond acceptors (Lipinski definition) is 7. The van der Waals surface area contributed by atoms with Crippen molar-refractivity contribution in [3.63, 3.8) is 0 Å². The molecule has 0 amide bonds. The van der Waals surface area contributed by atoms with Crippen LogP contribution in [0.4, 0.5) is 16.0 Å². The third-order valence-electron chi connectivity index (χ3n) is 6.19. The Bertz CT molecular complexity index is 1060. The minimum atomic E-state index is -0.470. The molecule has 5 heterocycles. The number of pyridine rings is 1. The van der Waals surface area contributed by atoms with Gasteiger partial charge in [0.15, 0.2) is 5.82 Å². The molecule has 2 saturated heterocycles. The van der Waals surface area contributed by atoms with E-state index in [1.165, 1.54) is 19.0 Å². The van der Waals surface area contributed by atoms with Crippen LogP contribution in [0.1, 0.15) is 43.2 Å². The van der Waals surface area contributed by atoms with Gasteiger partial charge in [0.25, 0.3) is 0 Å². The highest BCUT2D eigenvalue weighted by Crippen LogP contribution is 2.31. The first-order valence-electron chi connectivity index (χ1n) is 11.3. The zero-order chi connectivity index (χ0) is 21.9. The molecule has 3 aromatic rings. The summed E-state index contributed by atoms with van der Waals surface area (Å²) in [5, 5.41) is 3.15. The Morgan fingerprint density at radius 1 is 1.06 bits per heavy atom. The highest BCUT2D eigenvalue weighted by atomic mass is 19.1. The number of nitrogens with zero attached hydrogens (tertiary/aromatic N) is 6. The van der Waals surface area contributed by atoms with Gasteiger partial charge in [-0.05, 0) is 57.8 Å². The first-order chi connectivity index (χ1) is 15.7. The lowest BCUT2D eigenvalue weighted by Crippen LogP contribution is -2.21. The number of ether oxygens (including phenoxy) is 1. The maximum absolute atomic E-state index is 14.8. The van der Waals surface area contributed by atoms with Crippen LogP contribution in [0.2, 0.25) is 0 Å². The molecule has 3 aromatic heterocycles. The van der Waals surface area contributed by atoms with Crippen LogP contribution < -0.4 is 5.32 Å². The molecule has 168 valence electrons. The van der Waals surface area contributed by atoms with Gasteiger partial charge >= 0.3 is 0 Å². The number of aryl methyl sites for hydroxylation is 1. The van der Waals surface area contributed by atoms with E-state index >= 15 is 0 Å². The van der Waals surface area contributed by atoms with Crippen LogP contribution in [-0.4, -0.2) is 55.7 Å². The van der Waals surface area contributed by atoms with Crippen molar-refractivity contribution in [1.82, 2.24) is 29.4 Å². The standard InChI is InChI=1S/C23H28FN7O/c1-16-25-14-21(31(16)19-6-10-32-11-7-19)22-20(24)13-27-23(29-22)28-17-4-5-18(26-12-17)15-30-8-2-3-9-30/h4-5,12-14,19H,2-3,6-11,15H2,1H3,(H,27,28,29). The second-order valence-corrected chi connectivity index (χ2v) is 8.44. The number of nitrogens with one attached hydrogen (secondary N) is 1. The Balaban J connectivity index is 1.35. The first-order valence-corrected chi connectivity index (χ1v) is 11.3. The summed E-state index contributed by atoms with van der Waals surface area (Å²) in [6.45, 7) is 6.47. The molecule has 32 heavy (non-hydrogen) atoms. The van der Waals surface area contributed by atoms with Crippen molar-refractivity contribution < 1.29 is 9.13 Å². The van der Waals surface area contributed by atoms with Gasteiger partial charge in [-0.1, -0.05) is 0 Å². The van der Waals surface area contributed by atoms with Gasteiger partial charge in [-0.15, -0.1) is 0 Å². The highest BCUT2D eigenvalue weighted by Gasteiger charge is 2.23. The van der Waals surface area contributed by atoms with E-state index in [4.69, 9.17) is 4.74 Å². The molecule has 0 spiro atoms. The van der Waals surface area contributed by atoms with Gasteiger partial charge in [0.05, 0.1) is 35.7 Å². The summed E-state index contributed by atoms with van der Waals surface area (Å²) in [5.74, 6) is 0.702. The molecule has 5 rings (SSSR count). The number of rotatable bonds is 6. The Labute approximate surface area is 186 Å². The summed E-state index contributed by atoms with van der Waals surface area (Å²) in [6.07, 6.45) is 8.93. The normalized spacial score (nSPS) is 17.7. The number of hydrogen-bond donors (Lipinski definition) is 1. The van der Waals surface area contributed by atoms with E-state index in [-0.39, 0.29) is 11.7 Å². The van der Waals surface area contributed by atoms with Crippen LogP contribution in [0.5, 0.6) is 0 Å². The molecule has 2 fully saturated rings. The van der Waals surface area contributed by atoms with Gasteiger partial charge in [-0.2, -0.15) is 0 Å². The van der Waals surface area contributed by atoms with Crippen LogP contribution in [0.15, 0.2) is 30.7 Å². The molecule has 2 aliphatic rings. The summed E-state index contributed by atoms with van der Waals surface area (Å²) < 4.78 is 22.3. The zero-order valence-electron chi connectivity index (χ0n) is 18.3. The van der Waals surface area contributed by atoms with Crippen LogP contribution in [0.3, 0.4) is 0 Å². The average Bonchev–Trinajstić information content (AvgIpc) is 3.46. The fourth-order valence-electron chi connectivity index (χ4n) is 4.53. The Morgan fingerprint density at radius 2 is 1.88 bits per heavy atom. The fraction of sp³-hybridized carbons (Fsp3) is 0.478. The van der Waals surface area contributed by atoms with Gasteiger partial charge in [0.1, 0.15) is 11.5 Å². The predicted molar refractivity (Wildman–Crippen MR) is 119 cm³/mol. The molecule has 0 atom stereocenters. The number of aromatic nitrogens is 5. The van der Waals surface area contributed by atoms with E-state index < -0.39 is 5.82 Å². The van der Waals surface area contributed by atoms with E-state index in [1.54, 1.807) is 12.4 Å². The Kier molecular flexibility index (Phi) is 6.09. The zero-order valence-corrected chi connectivity index (χ0v) is 18.3. The van der Waals surface area contributed by atoms with Gasteiger partial charge in [0, 0.05) is 25.8 Å². The summed E-state index contributed by atoms with van der Waals surface area (Å²) >= 11 is 0. The fourth-order valence-corrected chi connectivity index (χ4v) is 4.53. The summed E-state index contributed by atoms with van der Waals surface area (Å²) in [5.41, 5.74) is 2.71. The second kappa shape index (κ2) is 9.30. The maximum Gasteiger partial charge on any atom is 0.228 e. The summed E-state index contributed by atoms with van der Waals surface area (Å²) in [4.78, 5) is 20.0. The van der Waals surface area contributed by atoms with Crippen molar-refractivity contribution in [3.8, 4) is 11.4 Å². The van der Waals surface area contributed by atoms with Crippen LogP contribution in [0, 0.1) is 12.7 Å². The van der Waals surface area contributed by atoms with Crippen molar-refractivity contribution in [3.05, 3.63) is 48.1 Å². The minimum Gasteiger partial charge on any atom is -0.381 e. The van der Waals surface area contributed by atoms with Gasteiger partial charge < -0.3 is 14.6 Å². The molecular formula is C23H28FN7O. The molecule has 0 saturated carbocycles. The monoisotopic (exact) mass is 437 g/mol. The van der Waals surface area contributed by atoms with E-state index in [0.717, 1.165) is 49.7 Å². The van der Waals surface area contributed by atoms with Gasteiger partial charge in [0.2, 0.25) is 5.95 Å². The maximum atomic E-state index is 14.8. The molecule has 8 nitrogen and oxygen atoms in total. The summed E-state index contributed by atoms with van der Waals surface area (Å²) in [7, 11) is 0. The highest BCUT2D eigenvalue weighted by molar-refractivity contribution is 5.59. The quantitative estimate of drug-likeness (QED) is 0.627. The molecule has 0 aromatic carbocycles. The second-order valence-electron chi connectivity index (χ2n) is 8.44. The molecule has 9 heteroatoms. The molecule has 0 aliphatic carbocycles. The van der Waals surface area contributed by atoms with Crippen molar-refractivity contribution >= 4 is 11.6 Å². The lowest BCUT2D eigenvalue weighted by molar-refractivity contribution is 0.0694. The average molecular weight is 438 g/mol. The number of likely N-dealkylation sites (tertiary alicyclic amines) is 1. The van der Waals surface area contributed by atoms with Crippen molar-refractivity contribution in [2.75, 3.05) is 31.6 Å². The lowest BCUT2D eigenvalue weighted by Gasteiger charge is -2.26. The largest absolute Gasteiger partial charge is 0.381 e. The number of imidazole rings is 1. The van der Waals surface area contributed by atoms with Crippen molar-refractivity contribution in [2.45, 2.75) is 45.2 Å². The molecule has 1 N–H and O–H groups in total. The molecule has 0 unspecified atom stereocenters. The lowest BCUT2D eigenvalue weighted by atomic mass is 10.1. The molecule has 2 aliphatic heterocycles. The predicted octanol–water partition coefficient (Wildman–Crippen LogP) is 3.87. The van der Waals surface area contributed by atoms with E-state index in [9.17, 15) is 4.39 Å². The number of halogens is 1. The van der Waals surface area contributed by atoms with Gasteiger partial charge in [-0.25, -0.2) is 19.3 Å². The van der Waals surface area contributed by atoms with Crippen molar-refractivity contribution in [1.29, 1.82) is 0 Å². The minimum absolute atomic E-state index is 0.222. The van der Waals surface area contributed by atoms with E-state index in [0.29, 0.717) is 24.9 Å². The first kappa shape index (κ1) is 21.0. The van der Waals surface area contributed by atoms with E-state index in [1.807, 2.05) is 19.1 Å². The van der Waals surface area contributed by atoms with Crippen LogP contribution >= 0.6 is 0 Å². The third-order valence-corrected chi connectivity index (χ3v) is 6.19. The topological polar surface area (TPSA) is 81.0 Å². The van der Waals surface area contributed by atoms with Crippen LogP contribution in [0.25, 0.3) is 11.4 Å². The van der Waals surface area contributed by atoms with E-state index in [2.05, 4.69) is 34.7 Å². The summed E-state index contributed by atoms with van der Waals surface area (Å²) in [6, 6.07) is 4.19. The Morgan fingerprint density at radius 3 is 2.62 bits per heavy atom. The molecule has 0 bridgehead atoms. The Hall–Kier alpha value is -2.91.